The molecule has 0 aliphatic heterocycles. The van der Waals surface area contributed by atoms with Gasteiger partial charge in [0.05, 0.1) is 25.5 Å². The smallest absolute Gasteiger partial charge is 0.157 e. The van der Waals surface area contributed by atoms with Gasteiger partial charge in [-0.05, 0) is 24.6 Å². The van der Waals surface area contributed by atoms with Crippen LogP contribution in [0.2, 0.25) is 0 Å². The van der Waals surface area contributed by atoms with E-state index in [9.17, 15) is 0 Å². The third-order valence-electron chi connectivity index (χ3n) is 2.47. The summed E-state index contributed by atoms with van der Waals surface area (Å²) in [6, 6.07) is 7.80. The van der Waals surface area contributed by atoms with Gasteiger partial charge in [-0.2, -0.15) is 5.10 Å². The lowest BCUT2D eigenvalue weighted by atomic mass is 10.3. The fourth-order valence-electron chi connectivity index (χ4n) is 1.58. The molecule has 102 valence electrons. The van der Waals surface area contributed by atoms with Gasteiger partial charge in [0, 0.05) is 4.47 Å². The number of nitrogens with zero attached hydrogens (tertiary/aromatic N) is 2. The molecule has 0 saturated heterocycles. The predicted octanol–water partition coefficient (Wildman–Crippen LogP) is 3.51. The zero-order chi connectivity index (χ0) is 13.5. The first-order valence-electron chi connectivity index (χ1n) is 6.31. The van der Waals surface area contributed by atoms with Crippen LogP contribution in [-0.2, 0) is 6.54 Å². The molecule has 0 bridgehead atoms. The standard InChI is InChI=1S/C14H17BrN2O2/c1-2-7-18-14-10-16-17(11-14)6-8-19-13-5-3-4-12(15)9-13/h3-5,9-11H,2,6-8H2,1H3. The molecule has 0 spiro atoms. The zero-order valence-electron chi connectivity index (χ0n) is 10.9. The van der Waals surface area contributed by atoms with Crippen LogP contribution in [0.5, 0.6) is 11.5 Å². The van der Waals surface area contributed by atoms with Crippen LogP contribution in [0.25, 0.3) is 0 Å². The van der Waals surface area contributed by atoms with E-state index in [2.05, 4.69) is 28.0 Å². The van der Waals surface area contributed by atoms with Gasteiger partial charge in [0.25, 0.3) is 0 Å². The molecule has 0 amide bonds. The molecule has 1 aromatic heterocycles. The number of rotatable bonds is 7. The molecule has 0 atom stereocenters. The van der Waals surface area contributed by atoms with Gasteiger partial charge in [-0.25, -0.2) is 0 Å². The molecule has 4 nitrogen and oxygen atoms in total. The van der Waals surface area contributed by atoms with Crippen LogP contribution in [0.3, 0.4) is 0 Å². The minimum atomic E-state index is 0.575. The lowest BCUT2D eigenvalue weighted by Crippen LogP contribution is -2.08. The predicted molar refractivity (Wildman–Crippen MR) is 77.7 cm³/mol. The fraction of sp³-hybridized carbons (Fsp3) is 0.357. The molecule has 1 aromatic carbocycles. The van der Waals surface area contributed by atoms with Crippen LogP contribution in [-0.4, -0.2) is 23.0 Å². The summed E-state index contributed by atoms with van der Waals surface area (Å²) >= 11 is 3.41. The van der Waals surface area contributed by atoms with Crippen molar-refractivity contribution in [2.45, 2.75) is 19.9 Å². The Morgan fingerprint density at radius 2 is 2.05 bits per heavy atom. The summed E-state index contributed by atoms with van der Waals surface area (Å²) in [5.74, 6) is 1.66. The first-order valence-corrected chi connectivity index (χ1v) is 7.11. The lowest BCUT2D eigenvalue weighted by molar-refractivity contribution is 0.289. The van der Waals surface area contributed by atoms with E-state index in [4.69, 9.17) is 9.47 Å². The maximum Gasteiger partial charge on any atom is 0.157 e. The van der Waals surface area contributed by atoms with E-state index in [0.717, 1.165) is 29.0 Å². The van der Waals surface area contributed by atoms with Gasteiger partial charge in [0.1, 0.15) is 12.4 Å². The van der Waals surface area contributed by atoms with E-state index in [1.807, 2.05) is 35.1 Å². The van der Waals surface area contributed by atoms with Gasteiger partial charge in [0.2, 0.25) is 0 Å². The van der Waals surface area contributed by atoms with Gasteiger partial charge in [-0.1, -0.05) is 28.9 Å². The van der Waals surface area contributed by atoms with Crippen LogP contribution in [0.1, 0.15) is 13.3 Å². The highest BCUT2D eigenvalue weighted by atomic mass is 79.9. The Hall–Kier alpha value is -1.49. The normalized spacial score (nSPS) is 10.4. The molecule has 19 heavy (non-hydrogen) atoms. The SMILES string of the molecule is CCCOc1cnn(CCOc2cccc(Br)c2)c1. The Labute approximate surface area is 121 Å². The van der Waals surface area contributed by atoms with Crippen molar-refractivity contribution in [2.24, 2.45) is 0 Å². The fourth-order valence-corrected chi connectivity index (χ4v) is 1.95. The molecule has 0 aliphatic carbocycles. The zero-order valence-corrected chi connectivity index (χ0v) is 12.5. The Balaban J connectivity index is 1.77. The second kappa shape index (κ2) is 7.19. The highest BCUT2D eigenvalue weighted by Crippen LogP contribution is 2.17. The van der Waals surface area contributed by atoms with Crippen molar-refractivity contribution in [3.8, 4) is 11.5 Å². The monoisotopic (exact) mass is 324 g/mol. The minimum absolute atomic E-state index is 0.575. The Bertz CT molecular complexity index is 514. The molecule has 0 saturated carbocycles. The quantitative estimate of drug-likeness (QED) is 0.781. The molecule has 0 N–H and O–H groups in total. The summed E-state index contributed by atoms with van der Waals surface area (Å²) in [5, 5.41) is 4.22. The molecule has 5 heteroatoms. The van der Waals surface area contributed by atoms with E-state index in [1.54, 1.807) is 6.20 Å². The number of aromatic nitrogens is 2. The summed E-state index contributed by atoms with van der Waals surface area (Å²) in [7, 11) is 0. The lowest BCUT2D eigenvalue weighted by Gasteiger charge is -2.06. The highest BCUT2D eigenvalue weighted by Gasteiger charge is 2.00. The summed E-state index contributed by atoms with van der Waals surface area (Å²) in [6.45, 7) is 4.07. The third-order valence-corrected chi connectivity index (χ3v) is 2.96. The molecular weight excluding hydrogens is 308 g/mol. The first-order chi connectivity index (χ1) is 9.28. The van der Waals surface area contributed by atoms with Crippen molar-refractivity contribution in [1.82, 2.24) is 9.78 Å². The van der Waals surface area contributed by atoms with Crippen molar-refractivity contribution in [2.75, 3.05) is 13.2 Å². The molecule has 0 unspecified atom stereocenters. The van der Waals surface area contributed by atoms with Crippen molar-refractivity contribution >= 4 is 15.9 Å². The third kappa shape index (κ3) is 4.59. The van der Waals surface area contributed by atoms with Crippen LogP contribution >= 0.6 is 15.9 Å². The Kier molecular flexibility index (Phi) is 5.27. The molecular formula is C14H17BrN2O2. The molecule has 0 radical (unpaired) electrons. The Morgan fingerprint density at radius 3 is 2.84 bits per heavy atom. The summed E-state index contributed by atoms with van der Waals surface area (Å²) in [4.78, 5) is 0. The largest absolute Gasteiger partial charge is 0.492 e. The van der Waals surface area contributed by atoms with Gasteiger partial charge < -0.3 is 9.47 Å². The van der Waals surface area contributed by atoms with E-state index in [-0.39, 0.29) is 0 Å². The summed E-state index contributed by atoms with van der Waals surface area (Å²) in [5.41, 5.74) is 0. The van der Waals surface area contributed by atoms with Crippen LogP contribution in [0.4, 0.5) is 0 Å². The maximum absolute atomic E-state index is 5.65. The van der Waals surface area contributed by atoms with E-state index < -0.39 is 0 Å². The first kappa shape index (κ1) is 13.9. The summed E-state index contributed by atoms with van der Waals surface area (Å²) in [6.07, 6.45) is 4.62. The summed E-state index contributed by atoms with van der Waals surface area (Å²) < 4.78 is 14.0. The average molecular weight is 325 g/mol. The van der Waals surface area contributed by atoms with Crippen molar-refractivity contribution in [3.63, 3.8) is 0 Å². The van der Waals surface area contributed by atoms with E-state index in [1.165, 1.54) is 0 Å². The van der Waals surface area contributed by atoms with Crippen molar-refractivity contribution < 1.29 is 9.47 Å². The molecule has 2 aromatic rings. The van der Waals surface area contributed by atoms with Gasteiger partial charge in [0.15, 0.2) is 5.75 Å². The maximum atomic E-state index is 5.65. The van der Waals surface area contributed by atoms with Crippen LogP contribution < -0.4 is 9.47 Å². The number of benzene rings is 1. The molecule has 0 aliphatic rings. The minimum Gasteiger partial charge on any atom is -0.492 e. The van der Waals surface area contributed by atoms with Crippen molar-refractivity contribution in [3.05, 3.63) is 41.1 Å². The highest BCUT2D eigenvalue weighted by molar-refractivity contribution is 9.10. The second-order valence-corrected chi connectivity index (χ2v) is 5.01. The van der Waals surface area contributed by atoms with Gasteiger partial charge in [-0.3, -0.25) is 4.68 Å². The average Bonchev–Trinajstić information content (AvgIpc) is 2.84. The number of hydrogen-bond acceptors (Lipinski definition) is 3. The number of halogens is 1. The van der Waals surface area contributed by atoms with E-state index >= 15 is 0 Å². The molecule has 2 rings (SSSR count). The van der Waals surface area contributed by atoms with E-state index in [0.29, 0.717) is 13.2 Å². The topological polar surface area (TPSA) is 36.3 Å². The Morgan fingerprint density at radius 1 is 1.21 bits per heavy atom. The van der Waals surface area contributed by atoms with Crippen LogP contribution in [0.15, 0.2) is 41.1 Å². The second-order valence-electron chi connectivity index (χ2n) is 4.09. The van der Waals surface area contributed by atoms with Crippen molar-refractivity contribution in [1.29, 1.82) is 0 Å². The molecule has 0 fully saturated rings. The number of ether oxygens (including phenoxy) is 2. The molecule has 1 heterocycles. The van der Waals surface area contributed by atoms with Gasteiger partial charge in [-0.15, -0.1) is 0 Å². The van der Waals surface area contributed by atoms with Crippen LogP contribution in [0, 0.1) is 0 Å². The van der Waals surface area contributed by atoms with Gasteiger partial charge >= 0.3 is 0 Å². The number of hydrogen-bond donors (Lipinski definition) is 0.